The van der Waals surface area contributed by atoms with Gasteiger partial charge in [-0.25, -0.2) is 8.78 Å². The second-order valence-corrected chi connectivity index (χ2v) is 3.66. The molecule has 0 amide bonds. The van der Waals surface area contributed by atoms with Crippen molar-refractivity contribution in [1.29, 1.82) is 0 Å². The molecule has 0 aliphatic carbocycles. The van der Waals surface area contributed by atoms with Gasteiger partial charge in [0, 0.05) is 16.8 Å². The summed E-state index contributed by atoms with van der Waals surface area (Å²) < 4.78 is 38.7. The van der Waals surface area contributed by atoms with Crippen LogP contribution in [0, 0.1) is 17.6 Å². The second kappa shape index (κ2) is 4.63. The molecule has 0 atom stereocenters. The van der Waals surface area contributed by atoms with Gasteiger partial charge in [-0.1, -0.05) is 17.7 Å². The van der Waals surface area contributed by atoms with E-state index in [-0.39, 0.29) is 0 Å². The Hall–Kier alpha value is -1.75. The van der Waals surface area contributed by atoms with Crippen molar-refractivity contribution < 1.29 is 13.2 Å². The molecule has 0 radical (unpaired) electrons. The van der Waals surface area contributed by atoms with E-state index in [2.05, 4.69) is 10.3 Å². The molecule has 0 spiro atoms. The zero-order valence-electron chi connectivity index (χ0n) is 8.35. The summed E-state index contributed by atoms with van der Waals surface area (Å²) in [5, 5.41) is 2.93. The molecular weight excluding hydrogens is 253 g/mol. The van der Waals surface area contributed by atoms with E-state index in [0.29, 0.717) is 16.8 Å². The van der Waals surface area contributed by atoms with E-state index in [1.54, 1.807) is 18.2 Å². The Morgan fingerprint density at radius 3 is 2.53 bits per heavy atom. The summed E-state index contributed by atoms with van der Waals surface area (Å²) in [6.45, 7) is 0. The van der Waals surface area contributed by atoms with Crippen molar-refractivity contribution in [1.82, 2.24) is 4.98 Å². The lowest BCUT2D eigenvalue weighted by Crippen LogP contribution is -2.01. The standard InChI is InChI=1S/C11H6ClF3N2/c12-6-2-1-3-7(4-6)16-11-9(14)5-8(13)10(15)17-11/h1-5H,(H,16,17). The highest BCUT2D eigenvalue weighted by Gasteiger charge is 2.11. The lowest BCUT2D eigenvalue weighted by molar-refractivity contribution is 0.467. The predicted octanol–water partition coefficient (Wildman–Crippen LogP) is 3.90. The van der Waals surface area contributed by atoms with E-state index < -0.39 is 23.4 Å². The number of pyridine rings is 1. The van der Waals surface area contributed by atoms with Crippen molar-refractivity contribution in [2.75, 3.05) is 5.32 Å². The molecule has 0 aliphatic rings. The van der Waals surface area contributed by atoms with Crippen LogP contribution in [-0.4, -0.2) is 4.98 Å². The molecule has 1 aromatic heterocycles. The van der Waals surface area contributed by atoms with Gasteiger partial charge in [-0.15, -0.1) is 0 Å². The second-order valence-electron chi connectivity index (χ2n) is 3.23. The number of benzene rings is 1. The van der Waals surface area contributed by atoms with Crippen LogP contribution in [0.5, 0.6) is 0 Å². The Morgan fingerprint density at radius 2 is 1.82 bits per heavy atom. The van der Waals surface area contributed by atoms with E-state index in [9.17, 15) is 13.2 Å². The Balaban J connectivity index is 2.33. The molecule has 0 fully saturated rings. The lowest BCUT2D eigenvalue weighted by Gasteiger charge is -2.07. The average molecular weight is 259 g/mol. The number of hydrogen-bond acceptors (Lipinski definition) is 2. The first-order chi connectivity index (χ1) is 8.06. The summed E-state index contributed by atoms with van der Waals surface area (Å²) in [6, 6.07) is 6.78. The molecule has 1 heterocycles. The zero-order valence-corrected chi connectivity index (χ0v) is 9.10. The molecule has 0 saturated carbocycles. The maximum atomic E-state index is 13.3. The summed E-state index contributed by atoms with van der Waals surface area (Å²) in [6.07, 6.45) is 0. The van der Waals surface area contributed by atoms with E-state index in [0.717, 1.165) is 0 Å². The highest BCUT2D eigenvalue weighted by Crippen LogP contribution is 2.21. The largest absolute Gasteiger partial charge is 0.338 e. The third-order valence-electron chi connectivity index (χ3n) is 1.97. The molecular formula is C11H6ClF3N2. The third kappa shape index (κ3) is 2.68. The van der Waals surface area contributed by atoms with Crippen LogP contribution in [0.4, 0.5) is 24.7 Å². The van der Waals surface area contributed by atoms with Crippen molar-refractivity contribution in [2.45, 2.75) is 0 Å². The van der Waals surface area contributed by atoms with E-state index in [1.165, 1.54) is 6.07 Å². The number of nitrogens with one attached hydrogen (secondary N) is 1. The lowest BCUT2D eigenvalue weighted by atomic mass is 10.3. The zero-order chi connectivity index (χ0) is 12.4. The molecule has 2 nitrogen and oxygen atoms in total. The van der Waals surface area contributed by atoms with Crippen LogP contribution in [0.15, 0.2) is 30.3 Å². The van der Waals surface area contributed by atoms with Gasteiger partial charge in [0.1, 0.15) is 0 Å². The minimum absolute atomic E-state index is 0.397. The maximum absolute atomic E-state index is 13.3. The fourth-order valence-electron chi connectivity index (χ4n) is 1.23. The smallest absolute Gasteiger partial charge is 0.251 e. The molecule has 2 aromatic rings. The van der Waals surface area contributed by atoms with Crippen molar-refractivity contribution in [3.8, 4) is 0 Å². The molecule has 1 aromatic carbocycles. The normalized spacial score (nSPS) is 10.4. The van der Waals surface area contributed by atoms with E-state index >= 15 is 0 Å². The molecule has 0 unspecified atom stereocenters. The Bertz CT molecular complexity index is 560. The van der Waals surface area contributed by atoms with Gasteiger partial charge in [0.05, 0.1) is 0 Å². The Morgan fingerprint density at radius 1 is 1.06 bits per heavy atom. The van der Waals surface area contributed by atoms with Crippen molar-refractivity contribution >= 4 is 23.1 Å². The van der Waals surface area contributed by atoms with Crippen LogP contribution >= 0.6 is 11.6 Å². The minimum Gasteiger partial charge on any atom is -0.338 e. The first-order valence-electron chi connectivity index (χ1n) is 4.60. The van der Waals surface area contributed by atoms with Gasteiger partial charge in [-0.05, 0) is 18.2 Å². The van der Waals surface area contributed by atoms with Gasteiger partial charge in [0.15, 0.2) is 17.5 Å². The highest BCUT2D eigenvalue weighted by atomic mass is 35.5. The minimum atomic E-state index is -1.36. The van der Waals surface area contributed by atoms with Crippen molar-refractivity contribution in [2.24, 2.45) is 0 Å². The SMILES string of the molecule is Fc1cc(F)c(Nc2cccc(Cl)c2)nc1F. The maximum Gasteiger partial charge on any atom is 0.251 e. The molecule has 88 valence electrons. The number of anilines is 2. The van der Waals surface area contributed by atoms with Gasteiger partial charge in [-0.2, -0.15) is 9.37 Å². The van der Waals surface area contributed by atoms with Crippen molar-refractivity contribution in [3.05, 3.63) is 52.9 Å². The van der Waals surface area contributed by atoms with Crippen LogP contribution < -0.4 is 5.32 Å². The van der Waals surface area contributed by atoms with Gasteiger partial charge < -0.3 is 5.32 Å². The first-order valence-corrected chi connectivity index (χ1v) is 4.98. The van der Waals surface area contributed by atoms with E-state index in [1.807, 2.05) is 0 Å². The molecule has 17 heavy (non-hydrogen) atoms. The predicted molar refractivity (Wildman–Crippen MR) is 58.8 cm³/mol. The van der Waals surface area contributed by atoms with Crippen LogP contribution in [0.2, 0.25) is 5.02 Å². The summed E-state index contributed by atoms with van der Waals surface area (Å²) in [4.78, 5) is 3.13. The average Bonchev–Trinajstić information content (AvgIpc) is 2.26. The summed E-state index contributed by atoms with van der Waals surface area (Å²) in [5.41, 5.74) is 0.426. The van der Waals surface area contributed by atoms with Crippen LogP contribution in [0.1, 0.15) is 0 Å². The number of nitrogens with zero attached hydrogens (tertiary/aromatic N) is 1. The monoisotopic (exact) mass is 258 g/mol. The first kappa shape index (κ1) is 11.7. The summed E-state index contributed by atoms with van der Waals surface area (Å²) >= 11 is 5.72. The van der Waals surface area contributed by atoms with E-state index in [4.69, 9.17) is 11.6 Å². The fourth-order valence-corrected chi connectivity index (χ4v) is 1.43. The number of rotatable bonds is 2. The molecule has 6 heteroatoms. The Kier molecular flexibility index (Phi) is 3.19. The quantitative estimate of drug-likeness (QED) is 0.827. The number of hydrogen-bond donors (Lipinski definition) is 1. The van der Waals surface area contributed by atoms with Crippen LogP contribution in [0.3, 0.4) is 0 Å². The van der Waals surface area contributed by atoms with Gasteiger partial charge in [0.2, 0.25) is 0 Å². The van der Waals surface area contributed by atoms with Crippen LogP contribution in [-0.2, 0) is 0 Å². The molecule has 0 bridgehead atoms. The highest BCUT2D eigenvalue weighted by molar-refractivity contribution is 6.30. The summed E-state index contributed by atoms with van der Waals surface area (Å²) in [7, 11) is 0. The number of halogens is 4. The van der Waals surface area contributed by atoms with Gasteiger partial charge in [-0.3, -0.25) is 0 Å². The molecule has 0 aliphatic heterocycles. The third-order valence-corrected chi connectivity index (χ3v) is 2.21. The Labute approximate surface area is 100 Å². The molecule has 2 rings (SSSR count). The number of aromatic nitrogens is 1. The summed E-state index contributed by atoms with van der Waals surface area (Å²) in [5.74, 6) is -4.08. The molecule has 1 N–H and O–H groups in total. The van der Waals surface area contributed by atoms with Gasteiger partial charge in [0.25, 0.3) is 5.95 Å². The molecule has 0 saturated heterocycles. The topological polar surface area (TPSA) is 24.9 Å². The van der Waals surface area contributed by atoms with Gasteiger partial charge >= 0.3 is 0 Å². The fraction of sp³-hybridized carbons (Fsp3) is 0. The van der Waals surface area contributed by atoms with Crippen LogP contribution in [0.25, 0.3) is 0 Å². The van der Waals surface area contributed by atoms with Crippen molar-refractivity contribution in [3.63, 3.8) is 0 Å².